The molecule has 30 heavy (non-hydrogen) atoms. The number of ether oxygens (including phenoxy) is 1. The van der Waals surface area contributed by atoms with Gasteiger partial charge in [0.1, 0.15) is 18.4 Å². The van der Waals surface area contributed by atoms with Crippen molar-refractivity contribution in [1.29, 1.82) is 0 Å². The van der Waals surface area contributed by atoms with Crippen LogP contribution in [0.15, 0.2) is 49.1 Å². The number of hydrogen-bond donors (Lipinski definition) is 1. The molecule has 1 saturated heterocycles. The maximum absolute atomic E-state index is 12.7. The molecular formula is C21H25N7O2. The zero-order valence-corrected chi connectivity index (χ0v) is 16.9. The largest absolute Gasteiger partial charge is 0.497 e. The van der Waals surface area contributed by atoms with Crippen molar-refractivity contribution in [2.24, 2.45) is 5.92 Å². The molecule has 1 unspecified atom stereocenters. The Balaban J connectivity index is 1.29. The molecule has 1 fully saturated rings. The highest BCUT2D eigenvalue weighted by Crippen LogP contribution is 2.22. The first kappa shape index (κ1) is 19.8. The van der Waals surface area contributed by atoms with Gasteiger partial charge in [0.05, 0.1) is 13.0 Å². The van der Waals surface area contributed by atoms with Crippen LogP contribution in [-0.4, -0.2) is 57.6 Å². The molecule has 0 radical (unpaired) electrons. The van der Waals surface area contributed by atoms with Crippen LogP contribution in [0.2, 0.25) is 0 Å². The molecule has 3 aromatic rings. The average Bonchev–Trinajstić information content (AvgIpc) is 3.35. The van der Waals surface area contributed by atoms with E-state index in [9.17, 15) is 4.79 Å². The number of nitrogens with one attached hydrogen (secondary N) is 1. The van der Waals surface area contributed by atoms with Gasteiger partial charge in [0.2, 0.25) is 5.91 Å². The van der Waals surface area contributed by atoms with Crippen LogP contribution in [0.25, 0.3) is 5.82 Å². The maximum Gasteiger partial charge on any atom is 0.224 e. The van der Waals surface area contributed by atoms with Gasteiger partial charge in [-0.3, -0.25) is 4.79 Å². The summed E-state index contributed by atoms with van der Waals surface area (Å²) in [6.45, 7) is 2.13. The van der Waals surface area contributed by atoms with Gasteiger partial charge in [-0.1, -0.05) is 12.1 Å². The normalized spacial score (nSPS) is 16.3. The van der Waals surface area contributed by atoms with Crippen LogP contribution in [0.3, 0.4) is 0 Å². The Hall–Kier alpha value is -3.49. The molecule has 1 atom stereocenters. The summed E-state index contributed by atoms with van der Waals surface area (Å²) in [5.41, 5.74) is 1.17. The summed E-state index contributed by atoms with van der Waals surface area (Å²) >= 11 is 0. The fourth-order valence-electron chi connectivity index (χ4n) is 3.60. The summed E-state index contributed by atoms with van der Waals surface area (Å²) in [6.07, 6.45) is 5.66. The Morgan fingerprint density at radius 2 is 1.97 bits per heavy atom. The number of methoxy groups -OCH3 is 1. The van der Waals surface area contributed by atoms with Crippen LogP contribution in [0.5, 0.6) is 5.75 Å². The SMILES string of the molecule is COc1ccc(CCNC(=O)C2CCCN(c3ccc(-n4cncn4)nn3)C2)cc1. The van der Waals surface area contributed by atoms with E-state index in [1.54, 1.807) is 18.1 Å². The lowest BCUT2D eigenvalue weighted by Crippen LogP contribution is -2.43. The molecule has 2 aromatic heterocycles. The number of piperidine rings is 1. The molecule has 0 saturated carbocycles. The van der Waals surface area contributed by atoms with Crippen molar-refractivity contribution in [3.63, 3.8) is 0 Å². The van der Waals surface area contributed by atoms with Crippen molar-refractivity contribution in [3.8, 4) is 11.6 Å². The van der Waals surface area contributed by atoms with Crippen LogP contribution in [0, 0.1) is 5.92 Å². The highest BCUT2D eigenvalue weighted by molar-refractivity contribution is 5.79. The van der Waals surface area contributed by atoms with Gasteiger partial charge >= 0.3 is 0 Å². The van der Waals surface area contributed by atoms with E-state index in [2.05, 4.69) is 30.5 Å². The zero-order chi connectivity index (χ0) is 20.8. The topological polar surface area (TPSA) is 98.1 Å². The summed E-state index contributed by atoms with van der Waals surface area (Å²) in [7, 11) is 1.65. The summed E-state index contributed by atoms with van der Waals surface area (Å²) in [5, 5.41) is 15.7. The Morgan fingerprint density at radius 1 is 1.17 bits per heavy atom. The van der Waals surface area contributed by atoms with Crippen LogP contribution in [-0.2, 0) is 11.2 Å². The van der Waals surface area contributed by atoms with Gasteiger partial charge in [0, 0.05) is 19.6 Å². The second-order valence-electron chi connectivity index (χ2n) is 7.26. The summed E-state index contributed by atoms with van der Waals surface area (Å²) in [6, 6.07) is 11.7. The Bertz CT molecular complexity index is 943. The van der Waals surface area contributed by atoms with Gasteiger partial charge in [-0.2, -0.15) is 5.10 Å². The minimum Gasteiger partial charge on any atom is -0.497 e. The highest BCUT2D eigenvalue weighted by atomic mass is 16.5. The van der Waals surface area contributed by atoms with E-state index in [0.717, 1.165) is 37.4 Å². The van der Waals surface area contributed by atoms with Crippen LogP contribution in [0.4, 0.5) is 5.82 Å². The molecule has 1 aliphatic heterocycles. The van der Waals surface area contributed by atoms with E-state index >= 15 is 0 Å². The first-order chi connectivity index (χ1) is 14.7. The van der Waals surface area contributed by atoms with E-state index in [4.69, 9.17) is 4.74 Å². The van der Waals surface area contributed by atoms with Crippen molar-refractivity contribution >= 4 is 11.7 Å². The number of benzene rings is 1. The molecule has 1 amide bonds. The second-order valence-corrected chi connectivity index (χ2v) is 7.26. The molecular weight excluding hydrogens is 382 g/mol. The molecule has 3 heterocycles. The number of anilines is 1. The number of aromatic nitrogens is 5. The van der Waals surface area contributed by atoms with E-state index in [1.165, 1.54) is 11.9 Å². The Labute approximate surface area is 175 Å². The monoisotopic (exact) mass is 407 g/mol. The molecule has 9 nitrogen and oxygen atoms in total. The molecule has 9 heteroatoms. The van der Waals surface area contributed by atoms with E-state index in [-0.39, 0.29) is 11.8 Å². The van der Waals surface area contributed by atoms with Gasteiger partial charge in [0.15, 0.2) is 11.6 Å². The van der Waals surface area contributed by atoms with Gasteiger partial charge in [-0.15, -0.1) is 10.2 Å². The van der Waals surface area contributed by atoms with Crippen LogP contribution in [0.1, 0.15) is 18.4 Å². The molecule has 1 aromatic carbocycles. The van der Waals surface area contributed by atoms with Crippen LogP contribution < -0.4 is 15.0 Å². The third-order valence-electron chi connectivity index (χ3n) is 5.28. The maximum atomic E-state index is 12.7. The van der Waals surface area contributed by atoms with Crippen molar-refractivity contribution in [3.05, 3.63) is 54.6 Å². The lowest BCUT2D eigenvalue weighted by molar-refractivity contribution is -0.125. The van der Waals surface area contributed by atoms with Gasteiger partial charge in [0.25, 0.3) is 0 Å². The van der Waals surface area contributed by atoms with Crippen molar-refractivity contribution in [1.82, 2.24) is 30.3 Å². The number of carbonyl (C=O) groups excluding carboxylic acids is 1. The third kappa shape index (κ3) is 4.73. The zero-order valence-electron chi connectivity index (χ0n) is 16.9. The molecule has 0 aliphatic carbocycles. The first-order valence-electron chi connectivity index (χ1n) is 10.1. The average molecular weight is 407 g/mol. The molecule has 0 bridgehead atoms. The van der Waals surface area contributed by atoms with E-state index in [0.29, 0.717) is 18.9 Å². The van der Waals surface area contributed by atoms with Gasteiger partial charge < -0.3 is 15.0 Å². The Morgan fingerprint density at radius 3 is 2.67 bits per heavy atom. The minimum absolute atomic E-state index is 0.0496. The minimum atomic E-state index is -0.0496. The lowest BCUT2D eigenvalue weighted by atomic mass is 9.97. The third-order valence-corrected chi connectivity index (χ3v) is 5.28. The van der Waals surface area contributed by atoms with Crippen molar-refractivity contribution < 1.29 is 9.53 Å². The summed E-state index contributed by atoms with van der Waals surface area (Å²) in [4.78, 5) is 18.7. The molecule has 1 aliphatic rings. The van der Waals surface area contributed by atoms with Crippen molar-refractivity contribution in [2.45, 2.75) is 19.3 Å². The second kappa shape index (κ2) is 9.34. The number of amides is 1. The highest BCUT2D eigenvalue weighted by Gasteiger charge is 2.26. The predicted octanol–water partition coefficient (Wildman–Crippen LogP) is 1.64. The predicted molar refractivity (Wildman–Crippen MR) is 112 cm³/mol. The van der Waals surface area contributed by atoms with Gasteiger partial charge in [-0.05, 0) is 49.1 Å². The van der Waals surface area contributed by atoms with E-state index < -0.39 is 0 Å². The van der Waals surface area contributed by atoms with Crippen molar-refractivity contribution in [2.75, 3.05) is 31.6 Å². The number of nitrogens with zero attached hydrogens (tertiary/aromatic N) is 6. The van der Waals surface area contributed by atoms with Gasteiger partial charge in [-0.25, -0.2) is 9.67 Å². The number of carbonyl (C=O) groups is 1. The smallest absolute Gasteiger partial charge is 0.224 e. The molecule has 156 valence electrons. The molecule has 0 spiro atoms. The molecule has 1 N–H and O–H groups in total. The number of rotatable bonds is 7. The number of hydrogen-bond acceptors (Lipinski definition) is 7. The standard InChI is InChI=1S/C21H25N7O2/c1-30-18-6-4-16(5-7-18)10-11-23-21(29)17-3-2-12-27(13-17)19-8-9-20(26-25-19)28-15-22-14-24-28/h4-9,14-15,17H,2-3,10-13H2,1H3,(H,23,29). The Kier molecular flexibility index (Phi) is 6.17. The van der Waals surface area contributed by atoms with Crippen LogP contribution >= 0.6 is 0 Å². The first-order valence-corrected chi connectivity index (χ1v) is 10.1. The summed E-state index contributed by atoms with van der Waals surface area (Å²) < 4.78 is 6.73. The summed E-state index contributed by atoms with van der Waals surface area (Å²) in [5.74, 6) is 2.27. The fourth-order valence-corrected chi connectivity index (χ4v) is 3.60. The van der Waals surface area contributed by atoms with E-state index in [1.807, 2.05) is 36.4 Å². The lowest BCUT2D eigenvalue weighted by Gasteiger charge is -2.32. The quantitative estimate of drug-likeness (QED) is 0.636. The molecule has 4 rings (SSSR count). The fraction of sp³-hybridized carbons (Fsp3) is 0.381.